The standard InChI is InChI=1S/C31H39NO5Si/c1-30(2,3)36-29(34)32-27(28(33)35-7)22-23-18-20-24(21-19-23)37-38(31(4,5)6,25-14-10-8-11-15-25)26-16-12-9-13-17-26/h8-21,27H,22H2,1-7H3,(H,32,34)/t27-/m0/s1. The molecule has 7 heteroatoms. The number of esters is 1. The highest BCUT2D eigenvalue weighted by Crippen LogP contribution is 2.37. The lowest BCUT2D eigenvalue weighted by molar-refractivity contribution is -0.143. The fourth-order valence-corrected chi connectivity index (χ4v) is 8.96. The monoisotopic (exact) mass is 533 g/mol. The molecule has 0 fully saturated rings. The second-order valence-corrected chi connectivity index (χ2v) is 15.6. The van der Waals surface area contributed by atoms with Gasteiger partial charge in [0.25, 0.3) is 0 Å². The molecule has 1 atom stereocenters. The predicted octanol–water partition coefficient (Wildman–Crippen LogP) is 5.23. The highest BCUT2D eigenvalue weighted by Gasteiger charge is 2.52. The Morgan fingerprint density at radius 2 is 1.29 bits per heavy atom. The van der Waals surface area contributed by atoms with Gasteiger partial charge in [-0.1, -0.05) is 93.6 Å². The average molecular weight is 534 g/mol. The normalized spacial score (nSPS) is 12.8. The number of ether oxygens (including phenoxy) is 2. The minimum Gasteiger partial charge on any atom is -0.534 e. The minimum atomic E-state index is -2.76. The number of nitrogens with one attached hydrogen (secondary N) is 1. The number of carbonyl (C=O) groups excluding carboxylic acids is 2. The third-order valence-corrected chi connectivity index (χ3v) is 11.2. The van der Waals surface area contributed by atoms with Gasteiger partial charge in [-0.15, -0.1) is 0 Å². The van der Waals surface area contributed by atoms with Gasteiger partial charge >= 0.3 is 20.4 Å². The maximum atomic E-state index is 12.4. The zero-order valence-electron chi connectivity index (χ0n) is 23.4. The Balaban J connectivity index is 1.91. The summed E-state index contributed by atoms with van der Waals surface area (Å²) in [5.74, 6) is 0.210. The molecule has 0 saturated carbocycles. The lowest BCUT2D eigenvalue weighted by atomic mass is 10.1. The van der Waals surface area contributed by atoms with Crippen LogP contribution in [0.4, 0.5) is 4.79 Å². The van der Waals surface area contributed by atoms with Gasteiger partial charge in [0.15, 0.2) is 0 Å². The molecule has 0 unspecified atom stereocenters. The lowest BCUT2D eigenvalue weighted by Gasteiger charge is -2.43. The van der Waals surface area contributed by atoms with Crippen molar-refractivity contribution in [1.82, 2.24) is 5.32 Å². The van der Waals surface area contributed by atoms with Crippen LogP contribution in [-0.2, 0) is 20.7 Å². The van der Waals surface area contributed by atoms with Crippen LogP contribution in [0, 0.1) is 0 Å². The zero-order chi connectivity index (χ0) is 28.0. The van der Waals surface area contributed by atoms with Crippen LogP contribution in [0.25, 0.3) is 0 Å². The SMILES string of the molecule is COC(=O)[C@H](Cc1ccc(O[Si](c2ccccc2)(c2ccccc2)C(C)(C)C)cc1)NC(=O)OC(C)(C)C. The molecule has 38 heavy (non-hydrogen) atoms. The molecule has 0 spiro atoms. The maximum absolute atomic E-state index is 12.4. The van der Waals surface area contributed by atoms with Crippen molar-refractivity contribution in [1.29, 1.82) is 0 Å². The van der Waals surface area contributed by atoms with Crippen molar-refractivity contribution in [2.24, 2.45) is 0 Å². The average Bonchev–Trinajstić information content (AvgIpc) is 2.86. The van der Waals surface area contributed by atoms with Crippen molar-refractivity contribution in [3.63, 3.8) is 0 Å². The number of carbonyl (C=O) groups is 2. The van der Waals surface area contributed by atoms with Crippen LogP contribution in [0.5, 0.6) is 5.75 Å². The Morgan fingerprint density at radius 3 is 1.71 bits per heavy atom. The molecular weight excluding hydrogens is 494 g/mol. The van der Waals surface area contributed by atoms with Gasteiger partial charge in [0.05, 0.1) is 7.11 Å². The van der Waals surface area contributed by atoms with Gasteiger partial charge in [-0.3, -0.25) is 0 Å². The van der Waals surface area contributed by atoms with Crippen molar-refractivity contribution in [2.45, 2.75) is 64.6 Å². The molecule has 0 saturated heterocycles. The summed E-state index contributed by atoms with van der Waals surface area (Å²) < 4.78 is 17.3. The minimum absolute atomic E-state index is 0.165. The molecule has 6 nitrogen and oxygen atoms in total. The van der Waals surface area contributed by atoms with Gasteiger partial charge in [-0.05, 0) is 53.9 Å². The number of methoxy groups -OCH3 is 1. The quantitative estimate of drug-likeness (QED) is 0.317. The van der Waals surface area contributed by atoms with E-state index in [4.69, 9.17) is 13.9 Å². The topological polar surface area (TPSA) is 73.9 Å². The largest absolute Gasteiger partial charge is 0.534 e. The van der Waals surface area contributed by atoms with E-state index in [1.807, 2.05) is 36.4 Å². The number of hydrogen-bond acceptors (Lipinski definition) is 5. The molecule has 0 aliphatic rings. The number of rotatable bonds is 8. The molecule has 3 aromatic carbocycles. The summed E-state index contributed by atoms with van der Waals surface area (Å²) in [5, 5.41) is 4.84. The van der Waals surface area contributed by atoms with Gasteiger partial charge in [-0.25, -0.2) is 9.59 Å². The highest BCUT2D eigenvalue weighted by atomic mass is 28.4. The van der Waals surface area contributed by atoms with E-state index < -0.39 is 32.0 Å². The molecule has 0 aliphatic heterocycles. The van der Waals surface area contributed by atoms with E-state index in [2.05, 4.69) is 74.6 Å². The van der Waals surface area contributed by atoms with Crippen LogP contribution in [0.2, 0.25) is 5.04 Å². The highest BCUT2D eigenvalue weighted by molar-refractivity contribution is 7.00. The fraction of sp³-hybridized carbons (Fsp3) is 0.355. The molecule has 0 aromatic heterocycles. The van der Waals surface area contributed by atoms with E-state index in [9.17, 15) is 9.59 Å². The van der Waals surface area contributed by atoms with E-state index in [-0.39, 0.29) is 11.5 Å². The Hall–Kier alpha value is -3.58. The summed E-state index contributed by atoms with van der Waals surface area (Å²) in [6.07, 6.45) is -0.412. The van der Waals surface area contributed by atoms with E-state index in [1.165, 1.54) is 17.5 Å². The van der Waals surface area contributed by atoms with Crippen LogP contribution in [0.15, 0.2) is 84.9 Å². The number of hydrogen-bond donors (Lipinski definition) is 1. The molecule has 0 radical (unpaired) electrons. The summed E-state index contributed by atoms with van der Waals surface area (Å²) in [5.41, 5.74) is 0.177. The van der Waals surface area contributed by atoms with E-state index in [0.717, 1.165) is 11.3 Å². The van der Waals surface area contributed by atoms with Gasteiger partial charge in [0, 0.05) is 6.42 Å². The summed E-state index contributed by atoms with van der Waals surface area (Å²) in [6.45, 7) is 12.0. The van der Waals surface area contributed by atoms with Crippen molar-refractivity contribution in [2.75, 3.05) is 7.11 Å². The molecule has 0 heterocycles. The number of benzene rings is 3. The first kappa shape index (κ1) is 29.0. The zero-order valence-corrected chi connectivity index (χ0v) is 24.4. The van der Waals surface area contributed by atoms with Crippen molar-refractivity contribution in [3.05, 3.63) is 90.5 Å². The molecule has 1 amide bonds. The third-order valence-electron chi connectivity index (χ3n) is 6.23. The molecular formula is C31H39NO5Si. The smallest absolute Gasteiger partial charge is 0.408 e. The van der Waals surface area contributed by atoms with Crippen LogP contribution in [0.3, 0.4) is 0 Å². The summed E-state index contributed by atoms with van der Waals surface area (Å²) in [7, 11) is -1.46. The first-order valence-corrected chi connectivity index (χ1v) is 14.7. The number of amides is 1. The van der Waals surface area contributed by atoms with E-state index in [0.29, 0.717) is 0 Å². The second-order valence-electron chi connectivity index (χ2n) is 11.3. The Labute approximate surface area is 227 Å². The van der Waals surface area contributed by atoms with Gasteiger partial charge in [0.1, 0.15) is 17.4 Å². The van der Waals surface area contributed by atoms with E-state index in [1.54, 1.807) is 20.8 Å². The third kappa shape index (κ3) is 7.04. The summed E-state index contributed by atoms with van der Waals surface area (Å²) in [4.78, 5) is 24.7. The predicted molar refractivity (Wildman–Crippen MR) is 154 cm³/mol. The van der Waals surface area contributed by atoms with Crippen molar-refractivity contribution in [3.8, 4) is 5.75 Å². The molecule has 3 aromatic rings. The summed E-state index contributed by atoms with van der Waals surface area (Å²) >= 11 is 0. The summed E-state index contributed by atoms with van der Waals surface area (Å²) in [6, 6.07) is 27.7. The Bertz CT molecular complexity index is 1160. The Morgan fingerprint density at radius 1 is 0.789 bits per heavy atom. The lowest BCUT2D eigenvalue weighted by Crippen LogP contribution is -2.68. The van der Waals surface area contributed by atoms with Crippen molar-refractivity contribution < 1.29 is 23.5 Å². The van der Waals surface area contributed by atoms with Crippen LogP contribution < -0.4 is 20.1 Å². The van der Waals surface area contributed by atoms with Gasteiger partial charge in [0.2, 0.25) is 0 Å². The first-order chi connectivity index (χ1) is 17.9. The van der Waals surface area contributed by atoms with Gasteiger partial charge < -0.3 is 19.2 Å². The maximum Gasteiger partial charge on any atom is 0.408 e. The molecule has 1 N–H and O–H groups in total. The molecule has 202 valence electrons. The molecule has 3 rings (SSSR count). The van der Waals surface area contributed by atoms with Gasteiger partial charge in [-0.2, -0.15) is 0 Å². The second kappa shape index (κ2) is 11.9. The first-order valence-electron chi connectivity index (χ1n) is 12.8. The molecule has 0 bridgehead atoms. The molecule has 0 aliphatic carbocycles. The van der Waals surface area contributed by atoms with Crippen LogP contribution in [-0.4, -0.2) is 39.1 Å². The van der Waals surface area contributed by atoms with Crippen molar-refractivity contribution >= 4 is 30.8 Å². The van der Waals surface area contributed by atoms with Crippen LogP contribution in [0.1, 0.15) is 47.1 Å². The Kier molecular flexibility index (Phi) is 9.04. The van der Waals surface area contributed by atoms with E-state index >= 15 is 0 Å². The fourth-order valence-electron chi connectivity index (χ4n) is 4.54. The van der Waals surface area contributed by atoms with Crippen LogP contribution >= 0.6 is 0 Å². The number of alkyl carbamates (subject to hydrolysis) is 1.